The molecule has 3 saturated heterocycles. The van der Waals surface area contributed by atoms with Crippen molar-refractivity contribution in [1.82, 2.24) is 35.4 Å². The van der Waals surface area contributed by atoms with Gasteiger partial charge in [-0.15, -0.1) is 0 Å². The Hall–Kier alpha value is -2.47. The van der Waals surface area contributed by atoms with Crippen molar-refractivity contribution in [3.05, 3.63) is 42.6 Å². The van der Waals surface area contributed by atoms with E-state index in [1.807, 2.05) is 5.01 Å². The molecule has 1 aromatic carbocycles. The maximum atomic E-state index is 13.7. The number of fused-ring (bicyclic) bond motifs is 7. The Bertz CT molecular complexity index is 1240. The van der Waals surface area contributed by atoms with Crippen LogP contribution in [-0.4, -0.2) is 96.0 Å². The molecular weight excluding hydrogens is 516 g/mol. The highest BCUT2D eigenvalue weighted by Crippen LogP contribution is 2.34. The molecule has 5 heterocycles. The van der Waals surface area contributed by atoms with Gasteiger partial charge in [0.2, 0.25) is 5.91 Å². The molecule has 5 unspecified atom stereocenters. The van der Waals surface area contributed by atoms with Crippen LogP contribution < -0.4 is 21.3 Å². The van der Waals surface area contributed by atoms with E-state index in [0.29, 0.717) is 13.1 Å². The second-order valence-electron chi connectivity index (χ2n) is 12.8. The predicted octanol–water partition coefficient (Wildman–Crippen LogP) is 2.71. The van der Waals surface area contributed by atoms with E-state index in [2.05, 4.69) is 106 Å². The van der Waals surface area contributed by atoms with E-state index >= 15 is 0 Å². The van der Waals surface area contributed by atoms with Crippen LogP contribution in [0.4, 0.5) is 5.69 Å². The summed E-state index contributed by atoms with van der Waals surface area (Å²) in [5, 5.41) is 20.4. The number of aromatic nitrogens is 1. The monoisotopic (exact) mass is 564 g/mol. The van der Waals surface area contributed by atoms with Gasteiger partial charge in [0.05, 0.1) is 30.4 Å². The molecule has 4 aliphatic rings. The van der Waals surface area contributed by atoms with Crippen molar-refractivity contribution in [2.45, 2.75) is 82.8 Å². The highest BCUT2D eigenvalue weighted by atomic mass is 16.5. The molecule has 0 aliphatic carbocycles. The number of nitrogens with one attached hydrogen (secondary N) is 4. The lowest BCUT2D eigenvalue weighted by Gasteiger charge is -2.47. The minimum atomic E-state index is -0.264. The molecule has 4 N–H and O–H groups in total. The second-order valence-corrected chi connectivity index (χ2v) is 12.8. The first kappa shape index (κ1) is 28.6. The number of ether oxygens (including phenoxy) is 1. The Morgan fingerprint density at radius 3 is 2.85 bits per heavy atom. The summed E-state index contributed by atoms with van der Waals surface area (Å²) >= 11 is 0. The summed E-state index contributed by atoms with van der Waals surface area (Å²) in [6, 6.07) is 8.97. The van der Waals surface area contributed by atoms with Crippen molar-refractivity contribution in [2.24, 2.45) is 5.92 Å². The van der Waals surface area contributed by atoms with Gasteiger partial charge in [0.25, 0.3) is 0 Å². The highest BCUT2D eigenvalue weighted by Gasteiger charge is 2.52. The molecule has 0 radical (unpaired) electrons. The summed E-state index contributed by atoms with van der Waals surface area (Å²) in [7, 11) is 4.21. The van der Waals surface area contributed by atoms with Crippen molar-refractivity contribution in [3.63, 3.8) is 0 Å². The summed E-state index contributed by atoms with van der Waals surface area (Å²) in [6.45, 7) is 8.35. The van der Waals surface area contributed by atoms with Crippen molar-refractivity contribution in [1.29, 1.82) is 0 Å². The molecule has 10 heteroatoms. The molecule has 0 saturated carbocycles. The first-order valence-electron chi connectivity index (χ1n) is 15.4. The molecule has 3 fully saturated rings. The Morgan fingerprint density at radius 2 is 2.00 bits per heavy atom. The number of rotatable bonds is 5. The lowest BCUT2D eigenvalue weighted by atomic mass is 9.89. The summed E-state index contributed by atoms with van der Waals surface area (Å²) in [5.74, 6) is 0.0434. The van der Waals surface area contributed by atoms with Gasteiger partial charge >= 0.3 is 0 Å². The third-order valence-corrected chi connectivity index (χ3v) is 9.22. The third kappa shape index (κ3) is 6.04. The number of nitrogens with zero attached hydrogens (tertiary/aromatic N) is 4. The SMILES string of the molecule is CN(C)CCn1ccc2cc(NC3NCC4C(=O)N5C/C=C\CCCOC(C)(C)C6CCCC(N6)N5C4N3)ccc21. The molecule has 10 nitrogen and oxygen atoms in total. The zero-order valence-electron chi connectivity index (χ0n) is 25.1. The standard InChI is InChI=1S/C31H48N8O2/c1-31(2)26-10-9-11-27(34-26)39-28-24(29(40)38(39)15-7-5-6-8-19-41-31)21-32-30(35-28)33-23-12-13-25-22(20-23)14-16-37(25)18-17-36(3)4/h5,7,12-14,16,20,24,26-28,30,32-35H,6,8-11,15,17-19,21H2,1-4H3/b7-5-. The lowest BCUT2D eigenvalue weighted by molar-refractivity contribution is -0.147. The number of benzene rings is 1. The smallest absolute Gasteiger partial charge is 0.244 e. The molecule has 41 heavy (non-hydrogen) atoms. The Morgan fingerprint density at radius 1 is 1.12 bits per heavy atom. The molecule has 2 aromatic rings. The molecule has 1 aromatic heterocycles. The average molecular weight is 565 g/mol. The number of allylic oxidation sites excluding steroid dienone is 1. The van der Waals surface area contributed by atoms with Crippen LogP contribution in [0.25, 0.3) is 10.9 Å². The number of carbonyl (C=O) groups excluding carboxylic acids is 1. The van der Waals surface area contributed by atoms with E-state index in [1.165, 1.54) is 10.9 Å². The molecule has 224 valence electrons. The Balaban J connectivity index is 1.20. The zero-order valence-corrected chi connectivity index (χ0v) is 25.1. The van der Waals surface area contributed by atoms with Crippen molar-refractivity contribution < 1.29 is 9.53 Å². The summed E-state index contributed by atoms with van der Waals surface area (Å²) < 4.78 is 8.68. The van der Waals surface area contributed by atoms with Crippen molar-refractivity contribution in [3.8, 4) is 0 Å². The maximum Gasteiger partial charge on any atom is 0.244 e. The van der Waals surface area contributed by atoms with E-state index in [1.54, 1.807) is 0 Å². The van der Waals surface area contributed by atoms with Crippen LogP contribution in [0.1, 0.15) is 46.0 Å². The summed E-state index contributed by atoms with van der Waals surface area (Å²) in [4.78, 5) is 16.0. The summed E-state index contributed by atoms with van der Waals surface area (Å²) in [5.41, 5.74) is 2.03. The normalized spacial score (nSPS) is 31.7. The fourth-order valence-electron chi connectivity index (χ4n) is 6.84. The van der Waals surface area contributed by atoms with E-state index < -0.39 is 0 Å². The van der Waals surface area contributed by atoms with Crippen molar-refractivity contribution >= 4 is 22.5 Å². The minimum absolute atomic E-state index is 0.0641. The number of likely N-dealkylation sites (N-methyl/N-ethyl adjacent to an activating group) is 1. The largest absolute Gasteiger partial charge is 0.374 e. The number of hydrogen-bond donors (Lipinski definition) is 4. The number of hydrogen-bond acceptors (Lipinski definition) is 8. The van der Waals surface area contributed by atoms with Gasteiger partial charge < -0.3 is 19.5 Å². The van der Waals surface area contributed by atoms with Gasteiger partial charge in [0.1, 0.15) is 6.29 Å². The van der Waals surface area contributed by atoms with Crippen LogP contribution in [0, 0.1) is 5.92 Å². The van der Waals surface area contributed by atoms with Gasteiger partial charge in [-0.2, -0.15) is 5.01 Å². The topological polar surface area (TPSA) is 89.1 Å². The van der Waals surface area contributed by atoms with Crippen LogP contribution in [0.3, 0.4) is 0 Å². The first-order valence-corrected chi connectivity index (χ1v) is 15.4. The fourth-order valence-corrected chi connectivity index (χ4v) is 6.84. The highest BCUT2D eigenvalue weighted by molar-refractivity contribution is 5.84. The molecule has 6 rings (SSSR count). The maximum absolute atomic E-state index is 13.7. The molecule has 1 amide bonds. The number of anilines is 1. The number of carbonyl (C=O) groups is 1. The van der Waals surface area contributed by atoms with Gasteiger partial charge in [-0.25, -0.2) is 0 Å². The van der Waals surface area contributed by atoms with Crippen LogP contribution in [-0.2, 0) is 16.1 Å². The summed E-state index contributed by atoms with van der Waals surface area (Å²) in [6.07, 6.45) is 11.5. The predicted molar refractivity (Wildman–Crippen MR) is 163 cm³/mol. The van der Waals surface area contributed by atoms with Gasteiger partial charge in [-0.1, -0.05) is 12.2 Å². The number of hydrazine groups is 1. The molecule has 0 spiro atoms. The lowest BCUT2D eigenvalue weighted by Crippen LogP contribution is -2.69. The Labute approximate surface area is 244 Å². The van der Waals surface area contributed by atoms with Gasteiger partial charge in [0, 0.05) is 55.1 Å². The minimum Gasteiger partial charge on any atom is -0.374 e. The molecule has 2 bridgehead atoms. The van der Waals surface area contributed by atoms with Gasteiger partial charge in [-0.05, 0) is 84.3 Å². The van der Waals surface area contributed by atoms with Crippen LogP contribution in [0.15, 0.2) is 42.6 Å². The zero-order chi connectivity index (χ0) is 28.6. The number of amides is 1. The second kappa shape index (κ2) is 12.0. The fraction of sp³-hybridized carbons (Fsp3) is 0.645. The molecule has 5 atom stereocenters. The van der Waals surface area contributed by atoms with Crippen LogP contribution >= 0.6 is 0 Å². The molecular formula is C31H48N8O2. The van der Waals surface area contributed by atoms with E-state index in [-0.39, 0.29) is 42.1 Å². The quantitative estimate of drug-likeness (QED) is 0.413. The third-order valence-electron chi connectivity index (χ3n) is 9.22. The van der Waals surface area contributed by atoms with Gasteiger partial charge in [-0.3, -0.25) is 25.8 Å². The van der Waals surface area contributed by atoms with E-state index in [0.717, 1.165) is 57.5 Å². The first-order chi connectivity index (χ1) is 19.8. The van der Waals surface area contributed by atoms with Gasteiger partial charge in [0.15, 0.2) is 0 Å². The number of piperidine rings is 1. The van der Waals surface area contributed by atoms with E-state index in [9.17, 15) is 4.79 Å². The molecule has 4 aliphatic heterocycles. The van der Waals surface area contributed by atoms with E-state index in [4.69, 9.17) is 4.74 Å². The van der Waals surface area contributed by atoms with Crippen LogP contribution in [0.2, 0.25) is 0 Å². The van der Waals surface area contributed by atoms with Crippen molar-refractivity contribution in [2.75, 3.05) is 45.7 Å². The average Bonchev–Trinajstić information content (AvgIpc) is 3.48. The van der Waals surface area contributed by atoms with Crippen LogP contribution in [0.5, 0.6) is 0 Å². The Kier molecular flexibility index (Phi) is 8.40.